The first-order valence-corrected chi connectivity index (χ1v) is 10.6. The van der Waals surface area contributed by atoms with Crippen LogP contribution in [-0.4, -0.2) is 43.0 Å². The van der Waals surface area contributed by atoms with Gasteiger partial charge in [-0.1, -0.05) is 24.3 Å². The highest BCUT2D eigenvalue weighted by atomic mass is 16.5. The van der Waals surface area contributed by atoms with E-state index in [2.05, 4.69) is 17.4 Å². The lowest BCUT2D eigenvalue weighted by atomic mass is 9.99. The number of nitrogens with one attached hydrogen (secondary N) is 1. The molecule has 0 bridgehead atoms. The molecule has 0 radical (unpaired) electrons. The Bertz CT molecular complexity index is 881. The van der Waals surface area contributed by atoms with Gasteiger partial charge in [0.1, 0.15) is 0 Å². The molecule has 0 aliphatic carbocycles. The molecule has 0 fully saturated rings. The Hall–Kier alpha value is -3.02. The number of hydrogen-bond donors (Lipinski definition) is 1. The van der Waals surface area contributed by atoms with Crippen LogP contribution in [0.4, 0.5) is 0 Å². The summed E-state index contributed by atoms with van der Waals surface area (Å²) in [6.45, 7) is 6.70. The first kappa shape index (κ1) is 21.7. The SMILES string of the molecule is CCOc1ccc(C(=O)NCCCC(=O)N2CCc3ccccc3C2)cc1OCC. The molecule has 0 unspecified atom stereocenters. The van der Waals surface area contributed by atoms with Gasteiger partial charge in [0, 0.05) is 31.6 Å². The molecule has 2 amide bonds. The van der Waals surface area contributed by atoms with Crippen molar-refractivity contribution in [1.29, 1.82) is 0 Å². The van der Waals surface area contributed by atoms with Crippen molar-refractivity contribution in [3.05, 3.63) is 59.2 Å². The smallest absolute Gasteiger partial charge is 0.251 e. The second-order valence-corrected chi connectivity index (χ2v) is 7.22. The topological polar surface area (TPSA) is 67.9 Å². The number of hydrogen-bond acceptors (Lipinski definition) is 4. The van der Waals surface area contributed by atoms with Crippen LogP contribution in [0.15, 0.2) is 42.5 Å². The summed E-state index contributed by atoms with van der Waals surface area (Å²) in [5, 5.41) is 2.89. The van der Waals surface area contributed by atoms with Crippen LogP contribution in [0.1, 0.15) is 48.2 Å². The van der Waals surface area contributed by atoms with Gasteiger partial charge in [-0.3, -0.25) is 9.59 Å². The molecular weight excluding hydrogens is 380 g/mol. The Labute approximate surface area is 178 Å². The Morgan fingerprint density at radius 1 is 1.00 bits per heavy atom. The first-order valence-electron chi connectivity index (χ1n) is 10.6. The average molecular weight is 411 g/mol. The van der Waals surface area contributed by atoms with Gasteiger partial charge in [0.25, 0.3) is 5.91 Å². The fraction of sp³-hybridized carbons (Fsp3) is 0.417. The number of carbonyl (C=O) groups is 2. The minimum absolute atomic E-state index is 0.137. The van der Waals surface area contributed by atoms with Crippen LogP contribution in [-0.2, 0) is 17.8 Å². The summed E-state index contributed by atoms with van der Waals surface area (Å²) in [6.07, 6.45) is 1.94. The van der Waals surface area contributed by atoms with Crippen molar-refractivity contribution in [2.45, 2.75) is 39.7 Å². The number of benzene rings is 2. The molecule has 1 N–H and O–H groups in total. The van der Waals surface area contributed by atoms with Gasteiger partial charge < -0.3 is 19.7 Å². The highest BCUT2D eigenvalue weighted by molar-refractivity contribution is 5.94. The molecule has 30 heavy (non-hydrogen) atoms. The van der Waals surface area contributed by atoms with E-state index in [9.17, 15) is 9.59 Å². The number of rotatable bonds is 9. The van der Waals surface area contributed by atoms with E-state index in [1.165, 1.54) is 11.1 Å². The molecule has 6 heteroatoms. The first-order chi connectivity index (χ1) is 14.6. The predicted molar refractivity (Wildman–Crippen MR) is 116 cm³/mol. The van der Waals surface area contributed by atoms with Crippen LogP contribution in [0, 0.1) is 0 Å². The summed E-state index contributed by atoms with van der Waals surface area (Å²) in [7, 11) is 0. The molecule has 1 heterocycles. The maximum Gasteiger partial charge on any atom is 0.251 e. The van der Waals surface area contributed by atoms with Crippen LogP contribution in [0.3, 0.4) is 0 Å². The molecule has 2 aromatic carbocycles. The lowest BCUT2D eigenvalue weighted by Crippen LogP contribution is -2.36. The van der Waals surface area contributed by atoms with E-state index in [-0.39, 0.29) is 11.8 Å². The highest BCUT2D eigenvalue weighted by Crippen LogP contribution is 2.28. The van der Waals surface area contributed by atoms with E-state index < -0.39 is 0 Å². The highest BCUT2D eigenvalue weighted by Gasteiger charge is 2.20. The summed E-state index contributed by atoms with van der Waals surface area (Å²) < 4.78 is 11.1. The molecule has 1 aliphatic heterocycles. The van der Waals surface area contributed by atoms with Gasteiger partial charge in [0.2, 0.25) is 5.91 Å². The van der Waals surface area contributed by atoms with Crippen molar-refractivity contribution in [3.8, 4) is 11.5 Å². The maximum atomic E-state index is 12.5. The second-order valence-electron chi connectivity index (χ2n) is 7.22. The zero-order valence-electron chi connectivity index (χ0n) is 17.8. The third-order valence-electron chi connectivity index (χ3n) is 5.14. The number of ether oxygens (including phenoxy) is 2. The summed E-state index contributed by atoms with van der Waals surface area (Å²) in [5.41, 5.74) is 3.07. The van der Waals surface area contributed by atoms with Crippen molar-refractivity contribution >= 4 is 11.8 Å². The summed E-state index contributed by atoms with van der Waals surface area (Å²) in [6, 6.07) is 13.4. The van der Waals surface area contributed by atoms with E-state index in [0.717, 1.165) is 13.0 Å². The standard InChI is InChI=1S/C24H30N2O4/c1-3-29-21-12-11-19(16-22(21)30-4-2)24(28)25-14-7-10-23(27)26-15-13-18-8-5-6-9-20(18)17-26/h5-6,8-9,11-12,16H,3-4,7,10,13-15,17H2,1-2H3,(H,25,28). The van der Waals surface area contributed by atoms with Crippen LogP contribution in [0.25, 0.3) is 0 Å². The monoisotopic (exact) mass is 410 g/mol. The van der Waals surface area contributed by atoms with Crippen molar-refractivity contribution in [1.82, 2.24) is 10.2 Å². The Balaban J connectivity index is 1.45. The molecule has 3 rings (SSSR count). The van der Waals surface area contributed by atoms with Gasteiger partial charge >= 0.3 is 0 Å². The fourth-order valence-corrected chi connectivity index (χ4v) is 3.60. The third-order valence-corrected chi connectivity index (χ3v) is 5.14. The third kappa shape index (κ3) is 5.53. The average Bonchev–Trinajstić information content (AvgIpc) is 2.77. The Morgan fingerprint density at radius 2 is 1.73 bits per heavy atom. The second kappa shape index (κ2) is 10.7. The molecule has 0 saturated carbocycles. The molecule has 2 aromatic rings. The summed E-state index contributed by atoms with van der Waals surface area (Å²) in [4.78, 5) is 26.9. The number of carbonyl (C=O) groups excluding carboxylic acids is 2. The van der Waals surface area contributed by atoms with Gasteiger partial charge in [0.05, 0.1) is 13.2 Å². The maximum absolute atomic E-state index is 12.5. The molecule has 1 aliphatic rings. The minimum atomic E-state index is -0.182. The lowest BCUT2D eigenvalue weighted by molar-refractivity contribution is -0.132. The van der Waals surface area contributed by atoms with Crippen molar-refractivity contribution in [3.63, 3.8) is 0 Å². The van der Waals surface area contributed by atoms with Gasteiger partial charge in [0.15, 0.2) is 11.5 Å². The van der Waals surface area contributed by atoms with Gasteiger partial charge in [-0.05, 0) is 56.0 Å². The molecule has 0 spiro atoms. The van der Waals surface area contributed by atoms with Crippen LogP contribution < -0.4 is 14.8 Å². The van der Waals surface area contributed by atoms with Crippen molar-refractivity contribution in [2.24, 2.45) is 0 Å². The predicted octanol–water partition coefficient (Wildman–Crippen LogP) is 3.58. The van der Waals surface area contributed by atoms with Crippen molar-refractivity contribution in [2.75, 3.05) is 26.3 Å². The van der Waals surface area contributed by atoms with Gasteiger partial charge in [-0.25, -0.2) is 0 Å². The zero-order chi connectivity index (χ0) is 21.3. The van der Waals surface area contributed by atoms with E-state index in [1.807, 2.05) is 30.9 Å². The molecule has 160 valence electrons. The minimum Gasteiger partial charge on any atom is -0.490 e. The van der Waals surface area contributed by atoms with Crippen LogP contribution in [0.2, 0.25) is 0 Å². The van der Waals surface area contributed by atoms with Gasteiger partial charge in [-0.2, -0.15) is 0 Å². The fourth-order valence-electron chi connectivity index (χ4n) is 3.60. The summed E-state index contributed by atoms with van der Waals surface area (Å²) in [5.74, 6) is 1.15. The lowest BCUT2D eigenvalue weighted by Gasteiger charge is -2.29. The molecule has 0 atom stereocenters. The molecule has 0 saturated heterocycles. The van der Waals surface area contributed by atoms with E-state index in [1.54, 1.807) is 18.2 Å². The summed E-state index contributed by atoms with van der Waals surface area (Å²) >= 11 is 0. The zero-order valence-corrected chi connectivity index (χ0v) is 17.8. The van der Waals surface area contributed by atoms with Crippen LogP contribution >= 0.6 is 0 Å². The van der Waals surface area contributed by atoms with Crippen molar-refractivity contribution < 1.29 is 19.1 Å². The molecule has 0 aromatic heterocycles. The quantitative estimate of drug-likeness (QED) is 0.642. The van der Waals surface area contributed by atoms with E-state index in [4.69, 9.17) is 9.47 Å². The Kier molecular flexibility index (Phi) is 7.71. The van der Waals surface area contributed by atoms with E-state index >= 15 is 0 Å². The van der Waals surface area contributed by atoms with Crippen LogP contribution in [0.5, 0.6) is 11.5 Å². The Morgan fingerprint density at radius 3 is 2.50 bits per heavy atom. The number of fused-ring (bicyclic) bond motifs is 1. The number of amides is 2. The van der Waals surface area contributed by atoms with E-state index in [0.29, 0.717) is 56.2 Å². The molecule has 6 nitrogen and oxygen atoms in total. The normalized spacial score (nSPS) is 12.8. The number of nitrogens with zero attached hydrogens (tertiary/aromatic N) is 1. The molecular formula is C24H30N2O4. The van der Waals surface area contributed by atoms with Gasteiger partial charge in [-0.15, -0.1) is 0 Å². The largest absolute Gasteiger partial charge is 0.490 e.